The van der Waals surface area contributed by atoms with Crippen LogP contribution >= 0.6 is 0 Å². The van der Waals surface area contributed by atoms with Crippen molar-refractivity contribution >= 4 is 6.09 Å². The number of likely N-dealkylation sites (tertiary alicyclic amines) is 1. The van der Waals surface area contributed by atoms with Crippen LogP contribution in [0, 0.1) is 12.8 Å². The molecule has 0 N–H and O–H groups in total. The lowest BCUT2D eigenvalue weighted by Gasteiger charge is -2.30. The molecule has 2 rings (SSSR count). The first-order chi connectivity index (χ1) is 9.76. The Morgan fingerprint density at radius 1 is 1.29 bits per heavy atom. The summed E-state index contributed by atoms with van der Waals surface area (Å²) in [7, 11) is 0. The van der Waals surface area contributed by atoms with Crippen molar-refractivity contribution < 1.29 is 9.53 Å². The number of benzene rings is 1. The van der Waals surface area contributed by atoms with Gasteiger partial charge in [0, 0.05) is 12.6 Å². The number of hydrogen-bond donors (Lipinski definition) is 0. The summed E-state index contributed by atoms with van der Waals surface area (Å²) in [6, 6.07) is 8.82. The summed E-state index contributed by atoms with van der Waals surface area (Å²) >= 11 is 0. The average molecular weight is 289 g/mol. The number of nitrogens with zero attached hydrogens (tertiary/aromatic N) is 1. The van der Waals surface area contributed by atoms with Crippen LogP contribution in [-0.4, -0.2) is 29.2 Å². The lowest BCUT2D eigenvalue weighted by Crippen LogP contribution is -2.42. The third kappa shape index (κ3) is 4.23. The Balaban J connectivity index is 2.08. The van der Waals surface area contributed by atoms with Crippen LogP contribution in [0.3, 0.4) is 0 Å². The number of ether oxygens (including phenoxy) is 1. The molecule has 0 bridgehead atoms. The third-order valence-electron chi connectivity index (χ3n) is 4.08. The van der Waals surface area contributed by atoms with Crippen molar-refractivity contribution in [1.82, 2.24) is 4.90 Å². The van der Waals surface area contributed by atoms with Gasteiger partial charge >= 0.3 is 6.09 Å². The monoisotopic (exact) mass is 289 g/mol. The minimum atomic E-state index is -0.433. The first-order valence-corrected chi connectivity index (χ1v) is 7.81. The van der Waals surface area contributed by atoms with Crippen LogP contribution in [0.25, 0.3) is 0 Å². The topological polar surface area (TPSA) is 29.5 Å². The summed E-state index contributed by atoms with van der Waals surface area (Å²) in [4.78, 5) is 14.3. The van der Waals surface area contributed by atoms with Crippen LogP contribution in [0.15, 0.2) is 24.3 Å². The van der Waals surface area contributed by atoms with E-state index in [2.05, 4.69) is 38.1 Å². The molecule has 0 radical (unpaired) electrons. The van der Waals surface area contributed by atoms with E-state index < -0.39 is 5.60 Å². The molecule has 0 saturated carbocycles. The second-order valence-electron chi connectivity index (χ2n) is 7.20. The lowest BCUT2D eigenvalue weighted by molar-refractivity contribution is 0.0211. The van der Waals surface area contributed by atoms with Crippen molar-refractivity contribution in [3.05, 3.63) is 35.4 Å². The summed E-state index contributed by atoms with van der Waals surface area (Å²) in [6.45, 7) is 10.9. The van der Waals surface area contributed by atoms with Crippen LogP contribution in [0.2, 0.25) is 0 Å². The van der Waals surface area contributed by atoms with E-state index in [0.29, 0.717) is 5.92 Å². The van der Waals surface area contributed by atoms with Gasteiger partial charge in [0.05, 0.1) is 0 Å². The van der Waals surface area contributed by atoms with E-state index in [0.717, 1.165) is 19.4 Å². The highest BCUT2D eigenvalue weighted by Crippen LogP contribution is 2.28. The molecular formula is C18H27NO2. The van der Waals surface area contributed by atoms with E-state index in [1.807, 2.05) is 25.7 Å². The summed E-state index contributed by atoms with van der Waals surface area (Å²) < 4.78 is 5.54. The van der Waals surface area contributed by atoms with Crippen molar-refractivity contribution in [3.63, 3.8) is 0 Å². The highest BCUT2D eigenvalue weighted by atomic mass is 16.6. The minimum Gasteiger partial charge on any atom is -0.444 e. The number of carbonyl (C=O) groups is 1. The van der Waals surface area contributed by atoms with Crippen molar-refractivity contribution in [3.8, 4) is 0 Å². The fraction of sp³-hybridized carbons (Fsp3) is 0.611. The second-order valence-corrected chi connectivity index (χ2v) is 7.20. The number of amides is 1. The van der Waals surface area contributed by atoms with Gasteiger partial charge in [-0.1, -0.05) is 36.8 Å². The summed E-state index contributed by atoms with van der Waals surface area (Å²) in [5, 5.41) is 0. The Morgan fingerprint density at radius 3 is 2.48 bits per heavy atom. The first kappa shape index (κ1) is 15.9. The molecule has 1 heterocycles. The van der Waals surface area contributed by atoms with E-state index in [1.54, 1.807) is 0 Å². The summed E-state index contributed by atoms with van der Waals surface area (Å²) in [5.74, 6) is 0.513. The predicted molar refractivity (Wildman–Crippen MR) is 85.4 cm³/mol. The van der Waals surface area contributed by atoms with Crippen molar-refractivity contribution in [1.29, 1.82) is 0 Å². The zero-order valence-electron chi connectivity index (χ0n) is 13.8. The molecule has 1 aromatic carbocycles. The molecular weight excluding hydrogens is 262 g/mol. The standard InChI is InChI=1S/C18H27NO2/c1-13-6-8-15(9-7-13)12-16-14(2)10-11-19(16)17(20)21-18(3,4)5/h6-9,14,16H,10-12H2,1-5H3/t14-,16+/m1/s1. The van der Waals surface area contributed by atoms with E-state index in [9.17, 15) is 4.79 Å². The molecule has 3 nitrogen and oxygen atoms in total. The highest BCUT2D eigenvalue weighted by molar-refractivity contribution is 5.69. The molecule has 0 aromatic heterocycles. The number of rotatable bonds is 2. The molecule has 0 unspecified atom stereocenters. The van der Waals surface area contributed by atoms with Crippen LogP contribution in [0.1, 0.15) is 45.2 Å². The fourth-order valence-electron chi connectivity index (χ4n) is 2.83. The van der Waals surface area contributed by atoms with Gasteiger partial charge in [-0.2, -0.15) is 0 Å². The fourth-order valence-corrected chi connectivity index (χ4v) is 2.83. The van der Waals surface area contributed by atoms with E-state index in [-0.39, 0.29) is 12.1 Å². The molecule has 1 aromatic rings. The third-order valence-corrected chi connectivity index (χ3v) is 4.08. The number of hydrogen-bond acceptors (Lipinski definition) is 2. The van der Waals surface area contributed by atoms with Gasteiger partial charge in [0.15, 0.2) is 0 Å². The van der Waals surface area contributed by atoms with Gasteiger partial charge in [-0.15, -0.1) is 0 Å². The van der Waals surface area contributed by atoms with Crippen molar-refractivity contribution in [2.24, 2.45) is 5.92 Å². The van der Waals surface area contributed by atoms with Gasteiger partial charge in [0.2, 0.25) is 0 Å². The molecule has 1 saturated heterocycles. The average Bonchev–Trinajstić information content (AvgIpc) is 2.72. The van der Waals surface area contributed by atoms with E-state index in [1.165, 1.54) is 11.1 Å². The van der Waals surface area contributed by atoms with Crippen LogP contribution < -0.4 is 0 Å². The predicted octanol–water partition coefficient (Wildman–Crippen LogP) is 4.18. The minimum absolute atomic E-state index is 0.177. The lowest BCUT2D eigenvalue weighted by atomic mass is 9.95. The van der Waals surface area contributed by atoms with Crippen molar-refractivity contribution in [2.75, 3.05) is 6.54 Å². The van der Waals surface area contributed by atoms with Crippen LogP contribution in [0.5, 0.6) is 0 Å². The van der Waals surface area contributed by atoms with Gasteiger partial charge in [0.25, 0.3) is 0 Å². The van der Waals surface area contributed by atoms with Crippen LogP contribution in [0.4, 0.5) is 4.79 Å². The molecule has 116 valence electrons. The van der Waals surface area contributed by atoms with Gasteiger partial charge in [-0.25, -0.2) is 4.79 Å². The quantitative estimate of drug-likeness (QED) is 0.817. The number of carbonyl (C=O) groups excluding carboxylic acids is 1. The van der Waals surface area contributed by atoms with E-state index in [4.69, 9.17) is 4.74 Å². The Morgan fingerprint density at radius 2 is 1.90 bits per heavy atom. The SMILES string of the molecule is Cc1ccc(C[C@H]2[C@H](C)CCN2C(=O)OC(C)(C)C)cc1. The molecule has 0 spiro atoms. The zero-order chi connectivity index (χ0) is 15.6. The second kappa shape index (κ2) is 6.08. The van der Waals surface area contributed by atoms with Gasteiger partial charge in [-0.3, -0.25) is 0 Å². The molecule has 3 heteroatoms. The van der Waals surface area contributed by atoms with Gasteiger partial charge in [-0.05, 0) is 52.0 Å². The summed E-state index contributed by atoms with van der Waals surface area (Å²) in [6.07, 6.45) is 1.78. The Hall–Kier alpha value is -1.51. The Labute approximate surface area is 128 Å². The molecule has 21 heavy (non-hydrogen) atoms. The highest BCUT2D eigenvalue weighted by Gasteiger charge is 2.36. The molecule has 1 amide bonds. The van der Waals surface area contributed by atoms with Gasteiger partial charge < -0.3 is 9.64 Å². The molecule has 2 atom stereocenters. The van der Waals surface area contributed by atoms with Crippen LogP contribution in [-0.2, 0) is 11.2 Å². The maximum Gasteiger partial charge on any atom is 0.410 e. The normalized spacial score (nSPS) is 22.4. The largest absolute Gasteiger partial charge is 0.444 e. The first-order valence-electron chi connectivity index (χ1n) is 7.81. The summed E-state index contributed by atoms with van der Waals surface area (Å²) in [5.41, 5.74) is 2.12. The smallest absolute Gasteiger partial charge is 0.410 e. The molecule has 1 aliphatic heterocycles. The van der Waals surface area contributed by atoms with E-state index >= 15 is 0 Å². The van der Waals surface area contributed by atoms with Crippen molar-refractivity contribution in [2.45, 2.75) is 59.1 Å². The molecule has 1 fully saturated rings. The Bertz CT molecular complexity index is 487. The molecule has 1 aliphatic rings. The van der Waals surface area contributed by atoms with Gasteiger partial charge in [0.1, 0.15) is 5.60 Å². The maximum absolute atomic E-state index is 12.4. The molecule has 0 aliphatic carbocycles. The number of aryl methyl sites for hydroxylation is 1. The Kier molecular flexibility index (Phi) is 4.60. The zero-order valence-corrected chi connectivity index (χ0v) is 13.8. The maximum atomic E-state index is 12.4.